The van der Waals surface area contributed by atoms with E-state index in [4.69, 9.17) is 5.73 Å². The number of carbonyl (C=O) groups is 1. The van der Waals surface area contributed by atoms with Crippen LogP contribution in [0, 0.1) is 0 Å². The predicted octanol–water partition coefficient (Wildman–Crippen LogP) is 2.25. The number of hydrogen-bond donors (Lipinski definition) is 1. The summed E-state index contributed by atoms with van der Waals surface area (Å²) in [6.45, 7) is 3.74. The van der Waals surface area contributed by atoms with Crippen LogP contribution in [0.5, 0.6) is 0 Å². The first kappa shape index (κ1) is 15.2. The van der Waals surface area contributed by atoms with Crippen molar-refractivity contribution in [3.05, 3.63) is 65.5 Å². The number of amides is 1. The molecule has 2 rings (SSSR count). The molecule has 1 amide bonds. The molecule has 0 saturated heterocycles. The summed E-state index contributed by atoms with van der Waals surface area (Å²) in [5.41, 5.74) is 8.27. The van der Waals surface area contributed by atoms with Gasteiger partial charge in [-0.2, -0.15) is 0 Å². The Hall–Kier alpha value is -2.20. The fourth-order valence-corrected chi connectivity index (χ4v) is 2.22. The summed E-state index contributed by atoms with van der Waals surface area (Å²) in [7, 11) is 0. The van der Waals surface area contributed by atoms with Gasteiger partial charge in [0.25, 0.3) is 5.91 Å². The highest BCUT2D eigenvalue weighted by molar-refractivity contribution is 5.94. The Morgan fingerprint density at radius 2 is 2.10 bits per heavy atom. The molecule has 0 atom stereocenters. The lowest BCUT2D eigenvalue weighted by atomic mass is 10.1. The average molecular weight is 283 g/mol. The second-order valence-corrected chi connectivity index (χ2v) is 4.88. The second-order valence-electron chi connectivity index (χ2n) is 4.88. The fourth-order valence-electron chi connectivity index (χ4n) is 2.22. The van der Waals surface area contributed by atoms with Crippen molar-refractivity contribution in [2.45, 2.75) is 19.9 Å². The zero-order chi connectivity index (χ0) is 15.1. The first-order valence-electron chi connectivity index (χ1n) is 7.22. The van der Waals surface area contributed by atoms with E-state index < -0.39 is 0 Å². The summed E-state index contributed by atoms with van der Waals surface area (Å²) in [6, 6.07) is 13.4. The van der Waals surface area contributed by atoms with Crippen molar-refractivity contribution < 1.29 is 4.79 Å². The van der Waals surface area contributed by atoms with Gasteiger partial charge in [0.1, 0.15) is 0 Å². The molecule has 1 heterocycles. The fraction of sp³-hybridized carbons (Fsp3) is 0.294. The van der Waals surface area contributed by atoms with Crippen LogP contribution in [0.25, 0.3) is 0 Å². The molecule has 0 spiro atoms. The Morgan fingerprint density at radius 1 is 1.24 bits per heavy atom. The third-order valence-corrected chi connectivity index (χ3v) is 3.35. The quantitative estimate of drug-likeness (QED) is 0.884. The normalized spacial score (nSPS) is 10.4. The van der Waals surface area contributed by atoms with Gasteiger partial charge >= 0.3 is 0 Å². The van der Waals surface area contributed by atoms with Gasteiger partial charge in [-0.3, -0.25) is 9.78 Å². The average Bonchev–Trinajstić information content (AvgIpc) is 2.53. The molecule has 4 nitrogen and oxygen atoms in total. The molecule has 0 fully saturated rings. The Labute approximate surface area is 125 Å². The summed E-state index contributed by atoms with van der Waals surface area (Å²) < 4.78 is 0. The van der Waals surface area contributed by atoms with Gasteiger partial charge in [-0.15, -0.1) is 0 Å². The van der Waals surface area contributed by atoms with Crippen molar-refractivity contribution in [2.24, 2.45) is 5.73 Å². The Morgan fingerprint density at radius 3 is 2.76 bits per heavy atom. The molecule has 0 aliphatic heterocycles. The number of hydrogen-bond acceptors (Lipinski definition) is 3. The minimum atomic E-state index is 0.0297. The molecule has 0 bridgehead atoms. The minimum absolute atomic E-state index is 0.0297. The van der Waals surface area contributed by atoms with Gasteiger partial charge in [0.2, 0.25) is 0 Å². The lowest BCUT2D eigenvalue weighted by Gasteiger charge is -2.20. The van der Waals surface area contributed by atoms with E-state index in [9.17, 15) is 4.79 Å². The molecular weight excluding hydrogens is 262 g/mol. The number of nitrogens with two attached hydrogens (primary N) is 1. The van der Waals surface area contributed by atoms with E-state index in [1.165, 1.54) is 0 Å². The van der Waals surface area contributed by atoms with E-state index >= 15 is 0 Å². The summed E-state index contributed by atoms with van der Waals surface area (Å²) >= 11 is 0. The number of benzene rings is 1. The standard InChI is InChI=1S/C17H21N3O/c1-2-20(13-16-8-3-4-11-19-16)17(21)15-7-5-6-14(12-15)9-10-18/h3-8,11-12H,2,9-10,13,18H2,1H3. The number of aromatic nitrogens is 1. The molecule has 2 N–H and O–H groups in total. The van der Waals surface area contributed by atoms with Crippen LogP contribution < -0.4 is 5.73 Å². The van der Waals surface area contributed by atoms with E-state index in [2.05, 4.69) is 4.98 Å². The third-order valence-electron chi connectivity index (χ3n) is 3.35. The minimum Gasteiger partial charge on any atom is -0.333 e. The van der Waals surface area contributed by atoms with Crippen LogP contribution in [0.2, 0.25) is 0 Å². The highest BCUT2D eigenvalue weighted by Gasteiger charge is 2.15. The molecule has 0 saturated carbocycles. The summed E-state index contributed by atoms with van der Waals surface area (Å²) in [6.07, 6.45) is 2.53. The summed E-state index contributed by atoms with van der Waals surface area (Å²) in [5, 5.41) is 0. The SMILES string of the molecule is CCN(Cc1ccccn1)C(=O)c1cccc(CCN)c1. The summed E-state index contributed by atoms with van der Waals surface area (Å²) in [5.74, 6) is 0.0297. The second kappa shape index (κ2) is 7.55. The topological polar surface area (TPSA) is 59.2 Å². The molecule has 2 aromatic rings. The first-order valence-corrected chi connectivity index (χ1v) is 7.22. The van der Waals surface area contributed by atoms with Crippen LogP contribution in [0.4, 0.5) is 0 Å². The zero-order valence-electron chi connectivity index (χ0n) is 12.3. The lowest BCUT2D eigenvalue weighted by Crippen LogP contribution is -2.30. The predicted molar refractivity (Wildman–Crippen MR) is 83.9 cm³/mol. The smallest absolute Gasteiger partial charge is 0.254 e. The molecule has 1 aromatic carbocycles. The Kier molecular flexibility index (Phi) is 5.46. The van der Waals surface area contributed by atoms with Crippen molar-refractivity contribution in [3.63, 3.8) is 0 Å². The van der Waals surface area contributed by atoms with Crippen molar-refractivity contribution in [1.29, 1.82) is 0 Å². The molecule has 0 aliphatic carbocycles. The van der Waals surface area contributed by atoms with Crippen LogP contribution in [-0.4, -0.2) is 28.9 Å². The van der Waals surface area contributed by atoms with Crippen molar-refractivity contribution in [1.82, 2.24) is 9.88 Å². The molecule has 0 unspecified atom stereocenters. The van der Waals surface area contributed by atoms with Gasteiger partial charge in [0.15, 0.2) is 0 Å². The zero-order valence-corrected chi connectivity index (χ0v) is 12.3. The third kappa shape index (κ3) is 4.13. The van der Waals surface area contributed by atoms with Gasteiger partial charge < -0.3 is 10.6 Å². The van der Waals surface area contributed by atoms with Crippen LogP contribution in [0.15, 0.2) is 48.7 Å². The number of pyridine rings is 1. The number of nitrogens with zero attached hydrogens (tertiary/aromatic N) is 2. The van der Waals surface area contributed by atoms with Crippen LogP contribution in [0.3, 0.4) is 0 Å². The van der Waals surface area contributed by atoms with Crippen LogP contribution in [0.1, 0.15) is 28.5 Å². The van der Waals surface area contributed by atoms with Crippen molar-refractivity contribution in [3.8, 4) is 0 Å². The molecule has 0 radical (unpaired) electrons. The van der Waals surface area contributed by atoms with Gasteiger partial charge in [0.05, 0.1) is 12.2 Å². The maximum absolute atomic E-state index is 12.6. The Balaban J connectivity index is 2.14. The molecule has 21 heavy (non-hydrogen) atoms. The van der Waals surface area contributed by atoms with Crippen LogP contribution >= 0.6 is 0 Å². The number of rotatable bonds is 6. The first-order chi connectivity index (χ1) is 10.2. The van der Waals surface area contributed by atoms with E-state index in [0.29, 0.717) is 25.2 Å². The maximum Gasteiger partial charge on any atom is 0.254 e. The monoisotopic (exact) mass is 283 g/mol. The largest absolute Gasteiger partial charge is 0.333 e. The molecule has 4 heteroatoms. The highest BCUT2D eigenvalue weighted by atomic mass is 16.2. The van der Waals surface area contributed by atoms with E-state index in [0.717, 1.165) is 17.7 Å². The van der Waals surface area contributed by atoms with Crippen molar-refractivity contribution in [2.75, 3.05) is 13.1 Å². The van der Waals surface area contributed by atoms with E-state index in [1.807, 2.05) is 49.4 Å². The maximum atomic E-state index is 12.6. The van der Waals surface area contributed by atoms with Gasteiger partial charge in [-0.1, -0.05) is 18.2 Å². The molecular formula is C17H21N3O. The summed E-state index contributed by atoms with van der Waals surface area (Å²) in [4.78, 5) is 18.7. The highest BCUT2D eigenvalue weighted by Crippen LogP contribution is 2.11. The van der Waals surface area contributed by atoms with Crippen molar-refractivity contribution >= 4 is 5.91 Å². The van der Waals surface area contributed by atoms with E-state index in [-0.39, 0.29) is 5.91 Å². The van der Waals surface area contributed by atoms with E-state index in [1.54, 1.807) is 11.1 Å². The Bertz CT molecular complexity index is 584. The van der Waals surface area contributed by atoms with Crippen LogP contribution in [-0.2, 0) is 13.0 Å². The number of carbonyl (C=O) groups excluding carboxylic acids is 1. The lowest BCUT2D eigenvalue weighted by molar-refractivity contribution is 0.0750. The van der Waals surface area contributed by atoms with Gasteiger partial charge in [-0.25, -0.2) is 0 Å². The molecule has 1 aromatic heterocycles. The molecule has 0 aliphatic rings. The molecule has 110 valence electrons. The van der Waals surface area contributed by atoms with Gasteiger partial charge in [0, 0.05) is 18.3 Å². The van der Waals surface area contributed by atoms with Gasteiger partial charge in [-0.05, 0) is 49.7 Å².